The molecule has 31 heavy (non-hydrogen) atoms. The van der Waals surface area contributed by atoms with Crippen LogP contribution in [0.15, 0.2) is 66.7 Å². The van der Waals surface area contributed by atoms with Crippen LogP contribution >= 0.6 is 11.6 Å². The third-order valence-electron chi connectivity index (χ3n) is 4.56. The van der Waals surface area contributed by atoms with E-state index in [4.69, 9.17) is 21.1 Å². The summed E-state index contributed by atoms with van der Waals surface area (Å²) in [5, 5.41) is 2.99. The van der Waals surface area contributed by atoms with E-state index in [9.17, 15) is 9.59 Å². The van der Waals surface area contributed by atoms with Gasteiger partial charge in [0.2, 0.25) is 0 Å². The molecule has 0 saturated carbocycles. The first kappa shape index (κ1) is 20.4. The number of imidazole rings is 1. The van der Waals surface area contributed by atoms with Gasteiger partial charge < -0.3 is 19.8 Å². The molecule has 4 rings (SSSR count). The minimum absolute atomic E-state index is 0.307. The maximum Gasteiger partial charge on any atom is 0.339 e. The van der Waals surface area contributed by atoms with Crippen LogP contribution in [0.4, 0.5) is 5.69 Å². The summed E-state index contributed by atoms with van der Waals surface area (Å²) in [7, 11) is 1.50. The Morgan fingerprint density at radius 1 is 1.06 bits per heavy atom. The minimum atomic E-state index is -0.626. The van der Waals surface area contributed by atoms with Crippen molar-refractivity contribution in [2.24, 2.45) is 0 Å². The number of nitrogens with zero attached hydrogens (tertiary/aromatic N) is 1. The van der Waals surface area contributed by atoms with Crippen LogP contribution in [0.1, 0.15) is 10.4 Å². The van der Waals surface area contributed by atoms with Crippen LogP contribution in [-0.2, 0) is 9.53 Å². The van der Waals surface area contributed by atoms with Crippen molar-refractivity contribution >= 4 is 40.2 Å². The van der Waals surface area contributed by atoms with Crippen LogP contribution in [0, 0.1) is 0 Å². The summed E-state index contributed by atoms with van der Waals surface area (Å²) < 4.78 is 10.3. The molecule has 0 atom stereocenters. The van der Waals surface area contributed by atoms with Gasteiger partial charge in [-0.05, 0) is 36.4 Å². The summed E-state index contributed by atoms with van der Waals surface area (Å²) in [4.78, 5) is 32.6. The molecule has 156 valence electrons. The number of halogens is 1. The Balaban J connectivity index is 1.45. The zero-order valence-corrected chi connectivity index (χ0v) is 17.3. The number of carbonyl (C=O) groups is 2. The van der Waals surface area contributed by atoms with Crippen LogP contribution in [-0.4, -0.2) is 35.6 Å². The number of H-pyrrole nitrogens is 1. The van der Waals surface area contributed by atoms with Crippen molar-refractivity contribution in [3.05, 3.63) is 77.3 Å². The second kappa shape index (κ2) is 8.89. The van der Waals surface area contributed by atoms with Gasteiger partial charge in [0.25, 0.3) is 5.91 Å². The summed E-state index contributed by atoms with van der Waals surface area (Å²) in [5.41, 5.74) is 3.01. The molecular formula is C23H18ClN3O4. The number of anilines is 1. The molecule has 2 N–H and O–H groups in total. The van der Waals surface area contributed by atoms with E-state index in [1.807, 2.05) is 24.3 Å². The number of rotatable bonds is 6. The zero-order chi connectivity index (χ0) is 21.8. The van der Waals surface area contributed by atoms with Gasteiger partial charge in [-0.25, -0.2) is 9.78 Å². The van der Waals surface area contributed by atoms with E-state index in [2.05, 4.69) is 15.3 Å². The highest BCUT2D eigenvalue weighted by atomic mass is 35.5. The van der Waals surface area contributed by atoms with E-state index >= 15 is 0 Å². The van der Waals surface area contributed by atoms with Gasteiger partial charge in [-0.15, -0.1) is 0 Å². The van der Waals surface area contributed by atoms with E-state index in [-0.39, 0.29) is 0 Å². The Bertz CT molecular complexity index is 1240. The van der Waals surface area contributed by atoms with Crippen molar-refractivity contribution < 1.29 is 19.1 Å². The fourth-order valence-electron chi connectivity index (χ4n) is 3.10. The third kappa shape index (κ3) is 4.51. The summed E-state index contributed by atoms with van der Waals surface area (Å²) >= 11 is 6.05. The van der Waals surface area contributed by atoms with E-state index < -0.39 is 18.5 Å². The molecule has 0 aliphatic rings. The number of benzene rings is 3. The molecule has 0 radical (unpaired) electrons. The van der Waals surface area contributed by atoms with Gasteiger partial charge in [-0.2, -0.15) is 0 Å². The van der Waals surface area contributed by atoms with Gasteiger partial charge in [0.1, 0.15) is 11.6 Å². The van der Waals surface area contributed by atoms with Crippen molar-refractivity contribution in [2.45, 2.75) is 0 Å². The zero-order valence-electron chi connectivity index (χ0n) is 16.5. The number of fused-ring (bicyclic) bond motifs is 1. The molecule has 0 aliphatic heterocycles. The first-order valence-electron chi connectivity index (χ1n) is 9.40. The molecular weight excluding hydrogens is 418 g/mol. The van der Waals surface area contributed by atoms with Crippen LogP contribution < -0.4 is 10.1 Å². The fraction of sp³-hybridized carbons (Fsp3) is 0.0870. The summed E-state index contributed by atoms with van der Waals surface area (Å²) in [5.74, 6) is -0.0749. The Morgan fingerprint density at radius 2 is 1.84 bits per heavy atom. The molecule has 1 amide bonds. The second-order valence-electron chi connectivity index (χ2n) is 6.62. The van der Waals surface area contributed by atoms with E-state index in [1.54, 1.807) is 42.5 Å². The van der Waals surface area contributed by atoms with Gasteiger partial charge in [0.05, 0.1) is 28.7 Å². The normalized spacial score (nSPS) is 10.6. The smallest absolute Gasteiger partial charge is 0.339 e. The van der Waals surface area contributed by atoms with Gasteiger partial charge in [-0.1, -0.05) is 41.9 Å². The van der Waals surface area contributed by atoms with Crippen LogP contribution in [0.2, 0.25) is 5.02 Å². The first-order valence-corrected chi connectivity index (χ1v) is 9.77. The van der Waals surface area contributed by atoms with E-state index in [1.165, 1.54) is 7.11 Å². The number of hydrogen-bond acceptors (Lipinski definition) is 5. The van der Waals surface area contributed by atoms with Crippen molar-refractivity contribution in [1.29, 1.82) is 0 Å². The highest BCUT2D eigenvalue weighted by Gasteiger charge is 2.17. The largest absolute Gasteiger partial charge is 0.495 e. The minimum Gasteiger partial charge on any atom is -0.495 e. The molecule has 0 spiro atoms. The number of esters is 1. The molecule has 0 unspecified atom stereocenters. The lowest BCUT2D eigenvalue weighted by Crippen LogP contribution is -2.21. The Hall–Kier alpha value is -3.84. The topological polar surface area (TPSA) is 93.3 Å². The highest BCUT2D eigenvalue weighted by Crippen LogP contribution is 2.27. The molecule has 0 bridgehead atoms. The molecule has 0 aliphatic carbocycles. The van der Waals surface area contributed by atoms with E-state index in [0.29, 0.717) is 33.4 Å². The number of methoxy groups -OCH3 is 1. The first-order chi connectivity index (χ1) is 15.0. The molecule has 1 aromatic heterocycles. The Kier molecular flexibility index (Phi) is 5.86. The number of nitrogens with one attached hydrogen (secondary N) is 2. The monoisotopic (exact) mass is 435 g/mol. The Morgan fingerprint density at radius 3 is 2.61 bits per heavy atom. The third-order valence-corrected chi connectivity index (χ3v) is 4.86. The van der Waals surface area contributed by atoms with Crippen molar-refractivity contribution in [2.75, 3.05) is 19.0 Å². The lowest BCUT2D eigenvalue weighted by Gasteiger charge is -2.10. The highest BCUT2D eigenvalue weighted by molar-refractivity contribution is 6.32. The molecule has 0 saturated heterocycles. The fourth-order valence-corrected chi connectivity index (χ4v) is 3.36. The lowest BCUT2D eigenvalue weighted by atomic mass is 10.1. The second-order valence-corrected chi connectivity index (χ2v) is 7.03. The predicted octanol–water partition coefficient (Wildman–Crippen LogP) is 4.69. The average Bonchev–Trinajstić information content (AvgIpc) is 3.22. The van der Waals surface area contributed by atoms with Crippen molar-refractivity contribution in [1.82, 2.24) is 9.97 Å². The number of aromatic amines is 1. The number of para-hydroxylation sites is 2. The number of amides is 1. The van der Waals surface area contributed by atoms with Crippen molar-refractivity contribution in [3.63, 3.8) is 0 Å². The molecule has 7 nitrogen and oxygen atoms in total. The summed E-state index contributed by atoms with van der Waals surface area (Å²) in [6.45, 7) is -0.447. The van der Waals surface area contributed by atoms with Gasteiger partial charge in [0.15, 0.2) is 6.61 Å². The van der Waals surface area contributed by atoms with Gasteiger partial charge in [-0.3, -0.25) is 4.79 Å². The average molecular weight is 436 g/mol. The summed E-state index contributed by atoms with van der Waals surface area (Å²) in [6.07, 6.45) is 0. The van der Waals surface area contributed by atoms with Crippen molar-refractivity contribution in [3.8, 4) is 17.1 Å². The number of carbonyl (C=O) groups excluding carboxylic acids is 2. The molecule has 1 heterocycles. The molecule has 3 aromatic carbocycles. The SMILES string of the molecule is COc1ccc(NC(=O)COC(=O)c2ccccc2-c2nc3ccccc3[nH]2)cc1Cl. The molecule has 0 fully saturated rings. The van der Waals surface area contributed by atoms with Crippen LogP contribution in [0.5, 0.6) is 5.75 Å². The lowest BCUT2D eigenvalue weighted by molar-refractivity contribution is -0.119. The summed E-state index contributed by atoms with van der Waals surface area (Å²) in [6, 6.07) is 19.3. The van der Waals surface area contributed by atoms with Gasteiger partial charge >= 0.3 is 5.97 Å². The maximum atomic E-state index is 12.7. The standard InChI is InChI=1S/C23H18ClN3O4/c1-30-20-11-10-14(12-17(20)24)25-21(28)13-31-23(29)16-7-3-2-6-15(16)22-26-18-8-4-5-9-19(18)27-22/h2-12H,13H2,1H3,(H,25,28)(H,26,27). The van der Waals surface area contributed by atoms with E-state index in [0.717, 1.165) is 11.0 Å². The molecule has 8 heteroatoms. The van der Waals surface area contributed by atoms with Crippen LogP contribution in [0.25, 0.3) is 22.4 Å². The predicted molar refractivity (Wildman–Crippen MR) is 118 cm³/mol. The number of hydrogen-bond donors (Lipinski definition) is 2. The van der Waals surface area contributed by atoms with Gasteiger partial charge in [0, 0.05) is 11.3 Å². The number of ether oxygens (including phenoxy) is 2. The Labute approximate surface area is 183 Å². The maximum absolute atomic E-state index is 12.7. The quantitative estimate of drug-likeness (QED) is 0.428. The number of aromatic nitrogens is 2. The molecule has 4 aromatic rings. The van der Waals surface area contributed by atoms with Crippen LogP contribution in [0.3, 0.4) is 0 Å².